The summed E-state index contributed by atoms with van der Waals surface area (Å²) in [6.07, 6.45) is 5.01. The molecule has 2 fully saturated rings. The van der Waals surface area contributed by atoms with E-state index in [0.29, 0.717) is 25.9 Å². The minimum atomic E-state index is -0.891. The second-order valence-electron chi connectivity index (χ2n) is 7.80. The number of aromatic nitrogens is 1. The topological polar surface area (TPSA) is 74.7 Å². The van der Waals surface area contributed by atoms with Crippen molar-refractivity contribution in [2.75, 3.05) is 13.7 Å². The summed E-state index contributed by atoms with van der Waals surface area (Å²) in [6, 6.07) is 13.8. The van der Waals surface area contributed by atoms with Gasteiger partial charge in [-0.1, -0.05) is 24.3 Å². The molecule has 2 bridgehead atoms. The van der Waals surface area contributed by atoms with Crippen molar-refractivity contribution >= 4 is 5.91 Å². The molecule has 2 unspecified atom stereocenters. The molecule has 0 radical (unpaired) electrons. The Morgan fingerprint density at radius 2 is 1.93 bits per heavy atom. The Bertz CT molecular complexity index is 813. The van der Waals surface area contributed by atoms with Crippen LogP contribution in [0.4, 0.5) is 0 Å². The van der Waals surface area contributed by atoms with Gasteiger partial charge in [-0.15, -0.1) is 0 Å². The van der Waals surface area contributed by atoms with Crippen LogP contribution in [0, 0.1) is 0 Å². The van der Waals surface area contributed by atoms with E-state index in [1.165, 1.54) is 0 Å². The highest BCUT2D eigenvalue weighted by molar-refractivity contribution is 5.78. The Hall–Kier alpha value is -2.44. The second-order valence-corrected chi connectivity index (χ2v) is 7.80. The van der Waals surface area contributed by atoms with Crippen LogP contribution in [0.5, 0.6) is 5.75 Å². The van der Waals surface area contributed by atoms with Gasteiger partial charge in [0.25, 0.3) is 0 Å². The molecule has 2 aliphatic rings. The molecular formula is C22H27N3O3. The minimum Gasteiger partial charge on any atom is -0.496 e. The van der Waals surface area contributed by atoms with Crippen molar-refractivity contribution < 1.29 is 14.6 Å². The van der Waals surface area contributed by atoms with Crippen LogP contribution in [0.2, 0.25) is 0 Å². The number of pyridine rings is 1. The zero-order valence-corrected chi connectivity index (χ0v) is 16.2. The lowest BCUT2D eigenvalue weighted by molar-refractivity contribution is -0.126. The summed E-state index contributed by atoms with van der Waals surface area (Å²) in [5.74, 6) is 0.785. The van der Waals surface area contributed by atoms with E-state index in [4.69, 9.17) is 4.74 Å². The first-order valence-electron chi connectivity index (χ1n) is 9.87. The van der Waals surface area contributed by atoms with Crippen LogP contribution >= 0.6 is 0 Å². The zero-order chi connectivity index (χ0) is 19.6. The minimum absolute atomic E-state index is 0.00563. The number of amides is 1. The molecule has 148 valence electrons. The monoisotopic (exact) mass is 381 g/mol. The van der Waals surface area contributed by atoms with Crippen molar-refractivity contribution in [3.63, 3.8) is 0 Å². The van der Waals surface area contributed by atoms with Gasteiger partial charge in [-0.05, 0) is 43.9 Å². The number of methoxy groups -OCH3 is 1. The van der Waals surface area contributed by atoms with Gasteiger partial charge in [0.15, 0.2) is 0 Å². The number of fused-ring (bicyclic) bond motifs is 2. The quantitative estimate of drug-likeness (QED) is 0.803. The molecule has 0 saturated carbocycles. The Labute approximate surface area is 165 Å². The predicted molar refractivity (Wildman–Crippen MR) is 106 cm³/mol. The van der Waals surface area contributed by atoms with Gasteiger partial charge in [0.1, 0.15) is 11.4 Å². The molecule has 4 rings (SSSR count). The Balaban J connectivity index is 1.37. The van der Waals surface area contributed by atoms with Gasteiger partial charge in [0.05, 0.1) is 19.3 Å². The molecule has 1 aromatic heterocycles. The second kappa shape index (κ2) is 7.89. The smallest absolute Gasteiger partial charge is 0.234 e. The third kappa shape index (κ3) is 3.75. The number of rotatable bonds is 6. The number of nitrogens with zero attached hydrogens (tertiary/aromatic N) is 2. The fourth-order valence-electron chi connectivity index (χ4n) is 4.69. The highest BCUT2D eigenvalue weighted by atomic mass is 16.5. The van der Waals surface area contributed by atoms with Crippen molar-refractivity contribution in [3.8, 4) is 5.75 Å². The number of para-hydroxylation sites is 1. The van der Waals surface area contributed by atoms with Crippen molar-refractivity contribution in [1.29, 1.82) is 0 Å². The molecule has 2 N–H and O–H groups in total. The number of hydrogen-bond acceptors (Lipinski definition) is 5. The van der Waals surface area contributed by atoms with E-state index < -0.39 is 5.60 Å². The van der Waals surface area contributed by atoms with Crippen LogP contribution in [0.25, 0.3) is 0 Å². The van der Waals surface area contributed by atoms with Gasteiger partial charge in [-0.25, -0.2) is 0 Å². The van der Waals surface area contributed by atoms with E-state index in [1.54, 1.807) is 13.3 Å². The summed E-state index contributed by atoms with van der Waals surface area (Å²) in [5.41, 5.74) is 0.814. The lowest BCUT2D eigenvalue weighted by atomic mass is 9.83. The number of ether oxygens (including phenoxy) is 1. The van der Waals surface area contributed by atoms with E-state index in [0.717, 1.165) is 29.8 Å². The molecule has 1 aromatic carbocycles. The van der Waals surface area contributed by atoms with Gasteiger partial charge in [0, 0.05) is 30.4 Å². The molecule has 2 aromatic rings. The van der Waals surface area contributed by atoms with Crippen LogP contribution in [-0.2, 0) is 16.9 Å². The number of carbonyl (C=O) groups excluding carboxylic acids is 1. The molecule has 0 aliphatic carbocycles. The number of piperidine rings is 1. The van der Waals surface area contributed by atoms with Gasteiger partial charge in [0.2, 0.25) is 5.91 Å². The van der Waals surface area contributed by atoms with E-state index in [2.05, 4.69) is 15.2 Å². The van der Waals surface area contributed by atoms with Crippen molar-refractivity contribution in [1.82, 2.24) is 15.2 Å². The molecular weight excluding hydrogens is 354 g/mol. The molecule has 2 aliphatic heterocycles. The predicted octanol–water partition coefficient (Wildman–Crippen LogP) is 2.22. The highest BCUT2D eigenvalue weighted by Gasteiger charge is 2.49. The summed E-state index contributed by atoms with van der Waals surface area (Å²) in [4.78, 5) is 19.2. The summed E-state index contributed by atoms with van der Waals surface area (Å²) in [6.45, 7) is 0.812. The number of nitrogens with one attached hydrogen (secondary N) is 1. The molecule has 2 saturated heterocycles. The number of hydrogen-bond donors (Lipinski definition) is 2. The van der Waals surface area contributed by atoms with Crippen LogP contribution < -0.4 is 10.1 Å². The lowest BCUT2D eigenvalue weighted by Crippen LogP contribution is -2.52. The van der Waals surface area contributed by atoms with E-state index in [-0.39, 0.29) is 18.0 Å². The third-order valence-corrected chi connectivity index (χ3v) is 6.05. The maximum atomic E-state index is 12.6. The lowest BCUT2D eigenvalue weighted by Gasteiger charge is -2.43. The number of carbonyl (C=O) groups is 1. The van der Waals surface area contributed by atoms with Crippen molar-refractivity contribution in [2.24, 2.45) is 0 Å². The SMILES string of the molecule is COc1ccccc1CNC(=O)CN1C2CCC1CC(O)(c1ccccn1)C2. The molecule has 6 heteroatoms. The summed E-state index contributed by atoms with van der Waals surface area (Å²) >= 11 is 0. The average Bonchev–Trinajstić information content (AvgIpc) is 2.96. The van der Waals surface area contributed by atoms with Gasteiger partial charge >= 0.3 is 0 Å². The fourth-order valence-corrected chi connectivity index (χ4v) is 4.69. The normalized spacial score (nSPS) is 26.8. The molecule has 28 heavy (non-hydrogen) atoms. The largest absolute Gasteiger partial charge is 0.496 e. The van der Waals surface area contributed by atoms with E-state index in [9.17, 15) is 9.90 Å². The van der Waals surface area contributed by atoms with E-state index >= 15 is 0 Å². The van der Waals surface area contributed by atoms with Gasteiger partial charge in [-0.3, -0.25) is 14.7 Å². The molecule has 1 amide bonds. The van der Waals surface area contributed by atoms with Crippen LogP contribution in [0.1, 0.15) is 36.9 Å². The number of aliphatic hydroxyl groups is 1. The van der Waals surface area contributed by atoms with Crippen molar-refractivity contribution in [3.05, 3.63) is 59.9 Å². The first-order valence-corrected chi connectivity index (χ1v) is 9.87. The van der Waals surface area contributed by atoms with Crippen LogP contribution in [0.3, 0.4) is 0 Å². The first kappa shape index (κ1) is 18.9. The standard InChI is InChI=1S/C22H27N3O3/c1-28-19-7-3-2-6-16(19)14-24-21(26)15-25-17-9-10-18(25)13-22(27,12-17)20-8-4-5-11-23-20/h2-8,11,17-18,27H,9-10,12-15H2,1H3,(H,24,26). The molecule has 3 heterocycles. The van der Waals surface area contributed by atoms with E-state index in [1.807, 2.05) is 42.5 Å². The maximum Gasteiger partial charge on any atom is 0.234 e. The molecule has 6 nitrogen and oxygen atoms in total. The Morgan fingerprint density at radius 1 is 1.21 bits per heavy atom. The molecule has 2 atom stereocenters. The van der Waals surface area contributed by atoms with Gasteiger partial charge in [-0.2, -0.15) is 0 Å². The van der Waals surface area contributed by atoms with Gasteiger partial charge < -0.3 is 15.2 Å². The highest BCUT2D eigenvalue weighted by Crippen LogP contribution is 2.44. The number of benzene rings is 1. The first-order chi connectivity index (χ1) is 13.6. The summed E-state index contributed by atoms with van der Waals surface area (Å²) < 4.78 is 5.34. The zero-order valence-electron chi connectivity index (χ0n) is 16.2. The fraction of sp³-hybridized carbons (Fsp3) is 0.455. The van der Waals surface area contributed by atoms with Crippen LogP contribution in [-0.4, -0.2) is 46.6 Å². The Morgan fingerprint density at radius 3 is 2.61 bits per heavy atom. The van der Waals surface area contributed by atoms with Crippen molar-refractivity contribution in [2.45, 2.75) is 49.9 Å². The average molecular weight is 381 g/mol. The molecule has 0 spiro atoms. The van der Waals surface area contributed by atoms with Crippen LogP contribution in [0.15, 0.2) is 48.7 Å². The Kier molecular flexibility index (Phi) is 5.33. The summed E-state index contributed by atoms with van der Waals surface area (Å²) in [5, 5.41) is 14.2. The maximum absolute atomic E-state index is 12.6. The summed E-state index contributed by atoms with van der Waals surface area (Å²) in [7, 11) is 1.63. The third-order valence-electron chi connectivity index (χ3n) is 6.05.